The van der Waals surface area contributed by atoms with Crippen LogP contribution in [0.5, 0.6) is 0 Å². The number of alkyl carbamates (subject to hydrolysis) is 1. The third-order valence-electron chi connectivity index (χ3n) is 2.43. The molecular formula is C14H26N2O4. The fourth-order valence-electron chi connectivity index (χ4n) is 1.48. The van der Waals surface area contributed by atoms with Gasteiger partial charge in [0, 0.05) is 5.70 Å². The van der Waals surface area contributed by atoms with Crippen molar-refractivity contribution in [3.8, 4) is 0 Å². The van der Waals surface area contributed by atoms with Crippen LogP contribution in [0.2, 0.25) is 0 Å². The van der Waals surface area contributed by atoms with E-state index in [4.69, 9.17) is 10.5 Å². The van der Waals surface area contributed by atoms with Gasteiger partial charge in [-0.05, 0) is 40.0 Å². The quantitative estimate of drug-likeness (QED) is 0.552. The zero-order valence-electron chi connectivity index (χ0n) is 12.8. The van der Waals surface area contributed by atoms with Gasteiger partial charge >= 0.3 is 12.1 Å². The molecule has 6 nitrogen and oxygen atoms in total. The zero-order valence-corrected chi connectivity index (χ0v) is 12.8. The molecule has 0 bridgehead atoms. The smallest absolute Gasteiger partial charge is 0.411 e. The number of rotatable bonds is 7. The fourth-order valence-corrected chi connectivity index (χ4v) is 1.48. The van der Waals surface area contributed by atoms with Crippen molar-refractivity contribution in [2.45, 2.75) is 58.1 Å². The molecule has 0 radical (unpaired) electrons. The summed E-state index contributed by atoms with van der Waals surface area (Å²) in [6, 6.07) is -0.591. The van der Waals surface area contributed by atoms with Gasteiger partial charge in [0.1, 0.15) is 11.6 Å². The highest BCUT2D eigenvalue weighted by molar-refractivity contribution is 5.75. The van der Waals surface area contributed by atoms with E-state index in [0.717, 1.165) is 12.8 Å². The number of ether oxygens (including phenoxy) is 2. The van der Waals surface area contributed by atoms with Crippen LogP contribution < -0.4 is 11.1 Å². The highest BCUT2D eigenvalue weighted by Gasteiger charge is 2.16. The number of nitrogens with one attached hydrogen (secondary N) is 1. The summed E-state index contributed by atoms with van der Waals surface area (Å²) in [7, 11) is 1.31. The Morgan fingerprint density at radius 3 is 2.40 bits per heavy atom. The first-order chi connectivity index (χ1) is 9.15. The number of amides is 1. The highest BCUT2D eigenvalue weighted by atomic mass is 16.6. The summed E-state index contributed by atoms with van der Waals surface area (Å²) in [6.07, 6.45) is 2.19. The number of unbranched alkanes of at least 4 members (excludes halogenated alkanes) is 1. The Hall–Kier alpha value is -1.56. The van der Waals surface area contributed by atoms with Crippen LogP contribution >= 0.6 is 0 Å². The van der Waals surface area contributed by atoms with Crippen LogP contribution in [0.4, 0.5) is 4.79 Å². The minimum atomic E-state index is -0.591. The van der Waals surface area contributed by atoms with Gasteiger partial charge in [0.15, 0.2) is 0 Å². The van der Waals surface area contributed by atoms with Gasteiger partial charge in [0.05, 0.1) is 7.11 Å². The van der Waals surface area contributed by atoms with E-state index in [1.807, 2.05) is 0 Å². The van der Waals surface area contributed by atoms with Crippen molar-refractivity contribution in [2.24, 2.45) is 5.73 Å². The third kappa shape index (κ3) is 9.38. The van der Waals surface area contributed by atoms with Gasteiger partial charge in [-0.1, -0.05) is 13.0 Å². The summed E-state index contributed by atoms with van der Waals surface area (Å²) in [4.78, 5) is 22.5. The van der Waals surface area contributed by atoms with Crippen molar-refractivity contribution >= 4 is 12.1 Å². The third-order valence-corrected chi connectivity index (χ3v) is 2.43. The van der Waals surface area contributed by atoms with Gasteiger partial charge in [-0.15, -0.1) is 0 Å². The van der Waals surface area contributed by atoms with Gasteiger partial charge in [0.2, 0.25) is 0 Å². The summed E-state index contributed by atoms with van der Waals surface area (Å²) in [5, 5.41) is 2.58. The van der Waals surface area contributed by atoms with Crippen LogP contribution in [0.25, 0.3) is 0 Å². The first-order valence-electron chi connectivity index (χ1n) is 6.67. The number of carbonyl (C=O) groups excluding carboxylic acids is 2. The van der Waals surface area contributed by atoms with Gasteiger partial charge in [-0.25, -0.2) is 4.79 Å². The van der Waals surface area contributed by atoms with E-state index in [1.54, 1.807) is 20.8 Å². The number of methoxy groups -OCH3 is 1. The molecule has 0 saturated carbocycles. The molecule has 6 heteroatoms. The first kappa shape index (κ1) is 18.4. The summed E-state index contributed by atoms with van der Waals surface area (Å²) < 4.78 is 9.64. The van der Waals surface area contributed by atoms with Crippen molar-refractivity contribution < 1.29 is 19.1 Å². The Balaban J connectivity index is 3.79. The average Bonchev–Trinajstić information content (AvgIpc) is 2.30. The minimum Gasteiger partial charge on any atom is -0.468 e. The van der Waals surface area contributed by atoms with E-state index in [-0.39, 0.29) is 0 Å². The second-order valence-electron chi connectivity index (χ2n) is 5.61. The lowest BCUT2D eigenvalue weighted by Crippen LogP contribution is -2.32. The molecule has 1 atom stereocenters. The normalized spacial score (nSPS) is 12.4. The largest absolute Gasteiger partial charge is 0.468 e. The maximum atomic E-state index is 11.5. The lowest BCUT2D eigenvalue weighted by Gasteiger charge is -2.20. The molecule has 0 aliphatic rings. The van der Waals surface area contributed by atoms with Crippen molar-refractivity contribution in [1.29, 1.82) is 0 Å². The van der Waals surface area contributed by atoms with Crippen molar-refractivity contribution in [3.63, 3.8) is 0 Å². The monoisotopic (exact) mass is 286 g/mol. The number of hydrogen-bond acceptors (Lipinski definition) is 5. The summed E-state index contributed by atoms with van der Waals surface area (Å²) >= 11 is 0. The zero-order chi connectivity index (χ0) is 15.8. The predicted octanol–water partition coefficient (Wildman–Crippen LogP) is 2.09. The summed E-state index contributed by atoms with van der Waals surface area (Å²) in [5.74, 6) is -0.407. The molecule has 0 aromatic rings. The van der Waals surface area contributed by atoms with Crippen LogP contribution in [0.1, 0.15) is 46.5 Å². The molecule has 20 heavy (non-hydrogen) atoms. The highest BCUT2D eigenvalue weighted by Crippen LogP contribution is 2.10. The predicted molar refractivity (Wildman–Crippen MR) is 77.0 cm³/mol. The molecule has 0 aliphatic carbocycles. The Bertz CT molecular complexity index is 348. The summed E-state index contributed by atoms with van der Waals surface area (Å²) in [6.45, 7) is 9.14. The van der Waals surface area contributed by atoms with E-state index in [2.05, 4.69) is 16.6 Å². The Kier molecular flexibility index (Phi) is 7.91. The second kappa shape index (κ2) is 8.58. The fraction of sp³-hybridized carbons (Fsp3) is 0.714. The van der Waals surface area contributed by atoms with Gasteiger partial charge < -0.3 is 15.2 Å². The van der Waals surface area contributed by atoms with Crippen molar-refractivity contribution in [1.82, 2.24) is 5.32 Å². The van der Waals surface area contributed by atoms with Crippen LogP contribution in [0.3, 0.4) is 0 Å². The van der Waals surface area contributed by atoms with E-state index >= 15 is 0 Å². The Morgan fingerprint density at radius 2 is 1.90 bits per heavy atom. The average molecular weight is 286 g/mol. The number of carbonyl (C=O) groups is 2. The van der Waals surface area contributed by atoms with E-state index in [1.165, 1.54) is 7.11 Å². The Labute approximate surface area is 120 Å². The van der Waals surface area contributed by atoms with Crippen LogP contribution in [0.15, 0.2) is 12.3 Å². The molecule has 1 unspecified atom stereocenters. The molecule has 0 rings (SSSR count). The molecule has 0 saturated heterocycles. The molecule has 116 valence electrons. The SMILES string of the molecule is C=C(CCCCC(N)C(=O)OC)NC(=O)OC(C)(C)C. The molecule has 0 heterocycles. The topological polar surface area (TPSA) is 90.7 Å². The molecular weight excluding hydrogens is 260 g/mol. The number of allylic oxidation sites excluding steroid dienone is 1. The van der Waals surface area contributed by atoms with Gasteiger partial charge in [0.25, 0.3) is 0 Å². The molecule has 1 amide bonds. The molecule has 0 fully saturated rings. The lowest BCUT2D eigenvalue weighted by molar-refractivity contribution is -0.142. The van der Waals surface area contributed by atoms with Gasteiger partial charge in [-0.2, -0.15) is 0 Å². The molecule has 3 N–H and O–H groups in total. The van der Waals surface area contributed by atoms with Crippen molar-refractivity contribution in [2.75, 3.05) is 7.11 Å². The standard InChI is InChI=1S/C14H26N2O4/c1-10(16-13(18)20-14(2,3)4)8-6-7-9-11(15)12(17)19-5/h11H,1,6-9,15H2,2-5H3,(H,16,18). The number of esters is 1. The number of hydrogen-bond donors (Lipinski definition) is 2. The van der Waals surface area contributed by atoms with Crippen LogP contribution in [0, 0.1) is 0 Å². The van der Waals surface area contributed by atoms with Crippen molar-refractivity contribution in [3.05, 3.63) is 12.3 Å². The second-order valence-corrected chi connectivity index (χ2v) is 5.61. The van der Waals surface area contributed by atoms with E-state index in [0.29, 0.717) is 18.5 Å². The summed E-state index contributed by atoms with van der Waals surface area (Å²) in [5.41, 5.74) is 5.67. The molecule has 0 aromatic carbocycles. The Morgan fingerprint density at radius 1 is 1.30 bits per heavy atom. The molecule has 0 aromatic heterocycles. The van der Waals surface area contributed by atoms with Crippen LogP contribution in [-0.2, 0) is 14.3 Å². The van der Waals surface area contributed by atoms with Gasteiger partial charge in [-0.3, -0.25) is 10.1 Å². The van der Waals surface area contributed by atoms with Crippen LogP contribution in [-0.4, -0.2) is 30.8 Å². The number of nitrogens with two attached hydrogens (primary N) is 1. The molecule has 0 spiro atoms. The first-order valence-corrected chi connectivity index (χ1v) is 6.67. The maximum Gasteiger partial charge on any atom is 0.411 e. The van der Waals surface area contributed by atoms with E-state index in [9.17, 15) is 9.59 Å². The van der Waals surface area contributed by atoms with E-state index < -0.39 is 23.7 Å². The molecule has 0 aliphatic heterocycles. The maximum absolute atomic E-state index is 11.5. The minimum absolute atomic E-state index is 0.407. The lowest BCUT2D eigenvalue weighted by atomic mass is 10.1.